The molecule has 0 aromatic heterocycles. The summed E-state index contributed by atoms with van der Waals surface area (Å²) in [6, 6.07) is 7.36. The highest BCUT2D eigenvalue weighted by atomic mass is 79.9. The zero-order chi connectivity index (χ0) is 14.5. The molecule has 5 heteroatoms. The molecule has 0 unspecified atom stereocenters. The lowest BCUT2D eigenvalue weighted by molar-refractivity contribution is -0.131. The van der Waals surface area contributed by atoms with Crippen molar-refractivity contribution in [3.63, 3.8) is 0 Å². The highest BCUT2D eigenvalue weighted by Crippen LogP contribution is 2.19. The number of rotatable bonds is 6. The van der Waals surface area contributed by atoms with E-state index >= 15 is 0 Å². The normalized spacial score (nSPS) is 11.0. The summed E-state index contributed by atoms with van der Waals surface area (Å²) in [5, 5.41) is 0. The van der Waals surface area contributed by atoms with E-state index in [9.17, 15) is 4.79 Å². The minimum absolute atomic E-state index is 0.0332. The van der Waals surface area contributed by atoms with Crippen LogP contribution in [0.1, 0.15) is 13.8 Å². The van der Waals surface area contributed by atoms with E-state index in [0.29, 0.717) is 13.2 Å². The maximum Gasteiger partial charge on any atom is 0.238 e. The molecule has 0 saturated carbocycles. The fourth-order valence-corrected chi connectivity index (χ4v) is 1.83. The van der Waals surface area contributed by atoms with Crippen LogP contribution in [0.25, 0.3) is 0 Å². The predicted molar refractivity (Wildman–Crippen MR) is 79.1 cm³/mol. The first kappa shape index (κ1) is 15.8. The number of carbonyl (C=O) groups excluding carboxylic acids is 1. The van der Waals surface area contributed by atoms with Crippen LogP contribution in [0, 0.1) is 0 Å². The van der Waals surface area contributed by atoms with Crippen LogP contribution in [0.3, 0.4) is 0 Å². The van der Waals surface area contributed by atoms with Gasteiger partial charge in [0.05, 0.1) is 18.0 Å². The van der Waals surface area contributed by atoms with E-state index in [-0.39, 0.29) is 5.91 Å². The number of nitrogens with zero attached hydrogens (tertiary/aromatic N) is 1. The van der Waals surface area contributed by atoms with E-state index in [1.807, 2.05) is 38.1 Å². The Hall–Kier alpha value is -1.23. The molecule has 106 valence electrons. The van der Waals surface area contributed by atoms with Gasteiger partial charge in [-0.3, -0.25) is 4.79 Å². The summed E-state index contributed by atoms with van der Waals surface area (Å²) >= 11 is 3.35. The molecule has 0 atom stereocenters. The van der Waals surface area contributed by atoms with Gasteiger partial charge in [0.15, 0.2) is 0 Å². The van der Waals surface area contributed by atoms with Crippen LogP contribution < -0.4 is 9.47 Å². The molecule has 1 rings (SSSR count). The first-order chi connectivity index (χ1) is 8.84. The zero-order valence-electron chi connectivity index (χ0n) is 11.8. The lowest BCUT2D eigenvalue weighted by Crippen LogP contribution is -2.41. The van der Waals surface area contributed by atoms with Crippen molar-refractivity contribution in [3.05, 3.63) is 24.3 Å². The van der Waals surface area contributed by atoms with Crippen LogP contribution in [0.5, 0.6) is 11.5 Å². The minimum Gasteiger partial charge on any atom is -0.497 e. The van der Waals surface area contributed by atoms with Crippen LogP contribution in [-0.4, -0.2) is 42.4 Å². The van der Waals surface area contributed by atoms with Gasteiger partial charge in [-0.2, -0.15) is 0 Å². The van der Waals surface area contributed by atoms with E-state index in [1.54, 1.807) is 19.1 Å². The van der Waals surface area contributed by atoms with Crippen molar-refractivity contribution in [2.75, 3.05) is 27.3 Å². The Kier molecular flexibility index (Phi) is 5.66. The average molecular weight is 330 g/mol. The lowest BCUT2D eigenvalue weighted by Gasteiger charge is -2.24. The third-order valence-corrected chi connectivity index (χ3v) is 2.95. The van der Waals surface area contributed by atoms with Gasteiger partial charge < -0.3 is 14.4 Å². The van der Waals surface area contributed by atoms with E-state index in [0.717, 1.165) is 11.5 Å². The molecule has 0 fully saturated rings. The van der Waals surface area contributed by atoms with E-state index in [4.69, 9.17) is 9.47 Å². The fraction of sp³-hybridized carbons (Fsp3) is 0.500. The Bertz CT molecular complexity index is 412. The zero-order valence-corrected chi connectivity index (χ0v) is 13.4. The fourth-order valence-electron chi connectivity index (χ4n) is 1.53. The summed E-state index contributed by atoms with van der Waals surface area (Å²) in [6.07, 6.45) is 0. The van der Waals surface area contributed by atoms with Gasteiger partial charge in [0.1, 0.15) is 18.1 Å². The predicted octanol–water partition coefficient (Wildman–Crippen LogP) is 2.71. The SMILES string of the molecule is COc1ccc(OCCN(C)C(=O)C(C)(C)Br)cc1. The average Bonchev–Trinajstić information content (AvgIpc) is 2.37. The summed E-state index contributed by atoms with van der Waals surface area (Å²) in [6.45, 7) is 4.66. The van der Waals surface area contributed by atoms with Crippen molar-refractivity contribution in [1.29, 1.82) is 0 Å². The van der Waals surface area contributed by atoms with Crippen LogP contribution in [0.4, 0.5) is 0 Å². The van der Waals surface area contributed by atoms with Gasteiger partial charge in [-0.15, -0.1) is 0 Å². The van der Waals surface area contributed by atoms with E-state index in [2.05, 4.69) is 15.9 Å². The van der Waals surface area contributed by atoms with Gasteiger partial charge in [-0.25, -0.2) is 0 Å². The molecule has 0 saturated heterocycles. The number of amides is 1. The smallest absolute Gasteiger partial charge is 0.238 e. The van der Waals surface area contributed by atoms with Crippen molar-refractivity contribution < 1.29 is 14.3 Å². The molecular weight excluding hydrogens is 310 g/mol. The Labute approximate surface area is 122 Å². The molecule has 0 aliphatic rings. The van der Waals surface area contributed by atoms with E-state index < -0.39 is 4.32 Å². The van der Waals surface area contributed by atoms with E-state index in [1.165, 1.54) is 0 Å². The molecule has 0 N–H and O–H groups in total. The molecule has 4 nitrogen and oxygen atoms in total. The van der Waals surface area contributed by atoms with Crippen LogP contribution >= 0.6 is 15.9 Å². The summed E-state index contributed by atoms with van der Waals surface area (Å²) in [7, 11) is 3.39. The molecule has 19 heavy (non-hydrogen) atoms. The molecule has 1 aromatic carbocycles. The number of likely N-dealkylation sites (N-methyl/N-ethyl adjacent to an activating group) is 1. The molecule has 0 radical (unpaired) electrons. The number of methoxy groups -OCH3 is 1. The maximum absolute atomic E-state index is 11.9. The number of benzene rings is 1. The highest BCUT2D eigenvalue weighted by molar-refractivity contribution is 9.10. The number of hydrogen-bond acceptors (Lipinski definition) is 3. The second kappa shape index (κ2) is 6.80. The van der Waals surface area contributed by atoms with Crippen LogP contribution in [0.2, 0.25) is 0 Å². The van der Waals surface area contributed by atoms with Gasteiger partial charge in [0.2, 0.25) is 5.91 Å². The minimum atomic E-state index is -0.540. The largest absolute Gasteiger partial charge is 0.497 e. The Morgan fingerprint density at radius 1 is 1.26 bits per heavy atom. The topological polar surface area (TPSA) is 38.8 Å². The molecule has 0 aliphatic carbocycles. The first-order valence-corrected chi connectivity index (χ1v) is 6.85. The Morgan fingerprint density at radius 3 is 2.26 bits per heavy atom. The quantitative estimate of drug-likeness (QED) is 0.753. The van der Waals surface area contributed by atoms with Crippen LogP contribution in [0.15, 0.2) is 24.3 Å². The third-order valence-electron chi connectivity index (χ3n) is 2.61. The van der Waals surface area contributed by atoms with Gasteiger partial charge in [0.25, 0.3) is 0 Å². The third kappa shape index (κ3) is 5.11. The van der Waals surface area contributed by atoms with Crippen molar-refractivity contribution in [3.8, 4) is 11.5 Å². The molecule has 0 heterocycles. The molecule has 1 amide bonds. The van der Waals surface area contributed by atoms with Gasteiger partial charge in [0, 0.05) is 7.05 Å². The summed E-state index contributed by atoms with van der Waals surface area (Å²) in [5.74, 6) is 1.59. The highest BCUT2D eigenvalue weighted by Gasteiger charge is 2.26. The van der Waals surface area contributed by atoms with Crippen molar-refractivity contribution in [2.24, 2.45) is 0 Å². The summed E-state index contributed by atoms with van der Waals surface area (Å²) < 4.78 is 10.1. The standard InChI is InChI=1S/C14H20BrNO3/c1-14(2,15)13(17)16(3)9-10-19-12-7-5-11(18-4)6-8-12/h5-8H,9-10H2,1-4H3. The second-order valence-electron chi connectivity index (χ2n) is 4.72. The van der Waals surface area contributed by atoms with Gasteiger partial charge >= 0.3 is 0 Å². The lowest BCUT2D eigenvalue weighted by atomic mass is 10.2. The number of carbonyl (C=O) groups is 1. The van der Waals surface area contributed by atoms with Crippen LogP contribution in [-0.2, 0) is 4.79 Å². The molecular formula is C14H20BrNO3. The second-order valence-corrected chi connectivity index (χ2v) is 6.71. The van der Waals surface area contributed by atoms with Crippen molar-refractivity contribution in [1.82, 2.24) is 4.90 Å². The summed E-state index contributed by atoms with van der Waals surface area (Å²) in [5.41, 5.74) is 0. The first-order valence-electron chi connectivity index (χ1n) is 6.06. The van der Waals surface area contributed by atoms with Gasteiger partial charge in [-0.1, -0.05) is 15.9 Å². The molecule has 0 aliphatic heterocycles. The number of alkyl halides is 1. The number of ether oxygens (including phenoxy) is 2. The Morgan fingerprint density at radius 2 is 1.79 bits per heavy atom. The van der Waals surface area contributed by atoms with Crippen molar-refractivity contribution in [2.45, 2.75) is 18.2 Å². The maximum atomic E-state index is 11.9. The Balaban J connectivity index is 2.39. The van der Waals surface area contributed by atoms with Crippen molar-refractivity contribution >= 4 is 21.8 Å². The molecule has 1 aromatic rings. The van der Waals surface area contributed by atoms with Gasteiger partial charge in [-0.05, 0) is 38.1 Å². The monoisotopic (exact) mass is 329 g/mol. The molecule has 0 spiro atoms. The number of hydrogen-bond donors (Lipinski definition) is 0. The molecule has 0 bridgehead atoms. The number of halogens is 1. The summed E-state index contributed by atoms with van der Waals surface area (Å²) in [4.78, 5) is 13.5.